The lowest BCUT2D eigenvalue weighted by Crippen LogP contribution is -2.08. The summed E-state index contributed by atoms with van der Waals surface area (Å²) < 4.78 is 23.6. The van der Waals surface area contributed by atoms with Crippen LogP contribution in [0, 0.1) is 6.92 Å². The molecule has 0 amide bonds. The fraction of sp³-hybridized carbons (Fsp3) is 0.200. The number of aromatic hydroxyl groups is 1. The first kappa shape index (κ1) is 15.7. The average Bonchev–Trinajstić information content (AvgIpc) is 2.37. The molecule has 2 rings (SSSR count). The number of phenols is 1. The lowest BCUT2D eigenvalue weighted by molar-refractivity contribution is 0.475. The summed E-state index contributed by atoms with van der Waals surface area (Å²) in [6.07, 6.45) is 1.16. The Kier molecular flexibility index (Phi) is 4.44. The Morgan fingerprint density at radius 1 is 1.24 bits per heavy atom. The number of anilines is 1. The molecule has 0 saturated heterocycles. The molecule has 0 aliphatic rings. The highest BCUT2D eigenvalue weighted by molar-refractivity contribution is 7.90. The van der Waals surface area contributed by atoms with Gasteiger partial charge in [-0.2, -0.15) is 0 Å². The van der Waals surface area contributed by atoms with E-state index in [-0.39, 0.29) is 17.2 Å². The second-order valence-electron chi connectivity index (χ2n) is 4.84. The Hall–Kier alpha value is -1.72. The number of nitrogens with one attached hydrogen (secondary N) is 1. The van der Waals surface area contributed by atoms with Gasteiger partial charge in [-0.1, -0.05) is 17.7 Å². The van der Waals surface area contributed by atoms with Crippen molar-refractivity contribution in [2.24, 2.45) is 0 Å². The van der Waals surface area contributed by atoms with Crippen molar-refractivity contribution < 1.29 is 13.5 Å². The summed E-state index contributed by atoms with van der Waals surface area (Å²) in [7, 11) is -3.34. The van der Waals surface area contributed by atoms with Gasteiger partial charge in [0.25, 0.3) is 0 Å². The molecule has 0 aliphatic carbocycles. The van der Waals surface area contributed by atoms with E-state index in [1.165, 1.54) is 0 Å². The zero-order valence-electron chi connectivity index (χ0n) is 11.7. The molecule has 0 fully saturated rings. The molecule has 2 N–H and O–H groups in total. The first-order valence-electron chi connectivity index (χ1n) is 6.30. The zero-order chi connectivity index (χ0) is 15.6. The van der Waals surface area contributed by atoms with Gasteiger partial charge in [-0.05, 0) is 42.8 Å². The molecule has 6 heteroatoms. The minimum Gasteiger partial charge on any atom is -0.508 e. The van der Waals surface area contributed by atoms with Gasteiger partial charge in [0.15, 0.2) is 9.84 Å². The molecular formula is C15H16ClNO3S. The van der Waals surface area contributed by atoms with Crippen LogP contribution in [-0.2, 0) is 16.4 Å². The van der Waals surface area contributed by atoms with Crippen molar-refractivity contribution in [3.05, 3.63) is 52.5 Å². The zero-order valence-corrected chi connectivity index (χ0v) is 13.3. The number of benzene rings is 2. The second kappa shape index (κ2) is 5.95. The van der Waals surface area contributed by atoms with Gasteiger partial charge in [-0.15, -0.1) is 0 Å². The number of hydrogen-bond donors (Lipinski definition) is 2. The third-order valence-corrected chi connectivity index (χ3v) is 4.68. The third-order valence-electron chi connectivity index (χ3n) is 3.14. The quantitative estimate of drug-likeness (QED) is 0.846. The molecule has 2 aromatic rings. The van der Waals surface area contributed by atoms with E-state index in [1.54, 1.807) is 36.4 Å². The molecular weight excluding hydrogens is 310 g/mol. The molecule has 4 nitrogen and oxygen atoms in total. The Bertz CT molecular complexity index is 772. The third kappa shape index (κ3) is 3.68. The predicted molar refractivity (Wildman–Crippen MR) is 84.7 cm³/mol. The van der Waals surface area contributed by atoms with Gasteiger partial charge in [0, 0.05) is 29.1 Å². The van der Waals surface area contributed by atoms with Crippen molar-refractivity contribution in [3.63, 3.8) is 0 Å². The molecule has 0 unspecified atom stereocenters. The first-order valence-corrected chi connectivity index (χ1v) is 8.57. The Morgan fingerprint density at radius 2 is 1.95 bits per heavy atom. The van der Waals surface area contributed by atoms with E-state index < -0.39 is 9.84 Å². The van der Waals surface area contributed by atoms with E-state index in [9.17, 15) is 13.5 Å². The van der Waals surface area contributed by atoms with Crippen LogP contribution in [0.4, 0.5) is 5.69 Å². The van der Waals surface area contributed by atoms with Crippen molar-refractivity contribution in [2.75, 3.05) is 11.6 Å². The van der Waals surface area contributed by atoms with E-state index in [4.69, 9.17) is 11.6 Å². The highest BCUT2D eigenvalue weighted by atomic mass is 35.5. The molecule has 0 bridgehead atoms. The molecule has 21 heavy (non-hydrogen) atoms. The topological polar surface area (TPSA) is 66.4 Å². The minimum atomic E-state index is -3.34. The number of rotatable bonds is 4. The van der Waals surface area contributed by atoms with Crippen molar-refractivity contribution in [2.45, 2.75) is 18.4 Å². The van der Waals surface area contributed by atoms with Crippen LogP contribution in [-0.4, -0.2) is 19.8 Å². The van der Waals surface area contributed by atoms with Gasteiger partial charge in [-0.3, -0.25) is 0 Å². The van der Waals surface area contributed by atoms with Crippen LogP contribution in [0.15, 0.2) is 41.3 Å². The van der Waals surface area contributed by atoms with Crippen LogP contribution < -0.4 is 5.32 Å². The number of phenolic OH excluding ortho intramolecular Hbond substituents is 1. The van der Waals surface area contributed by atoms with Crippen LogP contribution in [0.2, 0.25) is 5.02 Å². The van der Waals surface area contributed by atoms with Gasteiger partial charge >= 0.3 is 0 Å². The SMILES string of the molecule is Cc1cc(O)ccc1NCc1c(Cl)cccc1S(C)(=O)=O. The Morgan fingerprint density at radius 3 is 2.57 bits per heavy atom. The number of sulfone groups is 1. The summed E-state index contributed by atoms with van der Waals surface area (Å²) in [4.78, 5) is 0.221. The van der Waals surface area contributed by atoms with E-state index in [0.717, 1.165) is 17.5 Å². The molecule has 0 radical (unpaired) electrons. The van der Waals surface area contributed by atoms with E-state index in [0.29, 0.717) is 10.6 Å². The monoisotopic (exact) mass is 325 g/mol. The maximum atomic E-state index is 11.8. The molecule has 0 aliphatic heterocycles. The Labute approximate surface area is 129 Å². The summed E-state index contributed by atoms with van der Waals surface area (Å²) >= 11 is 6.12. The molecule has 0 aromatic heterocycles. The Balaban J connectivity index is 2.32. The van der Waals surface area contributed by atoms with Crippen molar-refractivity contribution >= 4 is 27.1 Å². The first-order chi connectivity index (χ1) is 9.79. The number of aryl methyl sites for hydroxylation is 1. The molecule has 0 saturated carbocycles. The fourth-order valence-corrected chi connectivity index (χ4v) is 3.34. The van der Waals surface area contributed by atoms with Gasteiger partial charge < -0.3 is 10.4 Å². The lowest BCUT2D eigenvalue weighted by atomic mass is 10.1. The number of hydrogen-bond acceptors (Lipinski definition) is 4. The van der Waals surface area contributed by atoms with Crippen LogP contribution in [0.1, 0.15) is 11.1 Å². The maximum absolute atomic E-state index is 11.8. The standard InChI is InChI=1S/C15H16ClNO3S/c1-10-8-11(18)6-7-14(10)17-9-12-13(16)4-3-5-15(12)21(2,19)20/h3-8,17-18H,9H2,1-2H3. The summed E-state index contributed by atoms with van der Waals surface area (Å²) in [5.74, 6) is 0.188. The normalized spacial score (nSPS) is 11.4. The van der Waals surface area contributed by atoms with Crippen molar-refractivity contribution in [1.82, 2.24) is 0 Å². The van der Waals surface area contributed by atoms with Gasteiger partial charge in [-0.25, -0.2) is 8.42 Å². The fourth-order valence-electron chi connectivity index (χ4n) is 2.09. The van der Waals surface area contributed by atoms with Crippen molar-refractivity contribution in [3.8, 4) is 5.75 Å². The predicted octanol–water partition coefficient (Wildman–Crippen LogP) is 3.37. The summed E-state index contributed by atoms with van der Waals surface area (Å²) in [6.45, 7) is 2.14. The van der Waals surface area contributed by atoms with Crippen LogP contribution >= 0.6 is 11.6 Å². The van der Waals surface area contributed by atoms with E-state index >= 15 is 0 Å². The van der Waals surface area contributed by atoms with Crippen molar-refractivity contribution in [1.29, 1.82) is 0 Å². The average molecular weight is 326 g/mol. The maximum Gasteiger partial charge on any atom is 0.175 e. The summed E-state index contributed by atoms with van der Waals surface area (Å²) in [5.41, 5.74) is 2.21. The van der Waals surface area contributed by atoms with Gasteiger partial charge in [0.2, 0.25) is 0 Å². The molecule has 0 heterocycles. The summed E-state index contributed by atoms with van der Waals surface area (Å²) in [5, 5.41) is 12.9. The van der Waals surface area contributed by atoms with Crippen LogP contribution in [0.5, 0.6) is 5.75 Å². The lowest BCUT2D eigenvalue weighted by Gasteiger charge is -2.13. The van der Waals surface area contributed by atoms with E-state index in [2.05, 4.69) is 5.32 Å². The van der Waals surface area contributed by atoms with Crippen LogP contribution in [0.25, 0.3) is 0 Å². The van der Waals surface area contributed by atoms with Gasteiger partial charge in [0.1, 0.15) is 5.75 Å². The second-order valence-corrected chi connectivity index (χ2v) is 7.23. The number of halogens is 1. The molecule has 0 atom stereocenters. The minimum absolute atomic E-state index is 0.188. The largest absolute Gasteiger partial charge is 0.508 e. The molecule has 112 valence electrons. The molecule has 0 spiro atoms. The van der Waals surface area contributed by atoms with Crippen LogP contribution in [0.3, 0.4) is 0 Å². The highest BCUT2D eigenvalue weighted by Gasteiger charge is 2.15. The smallest absolute Gasteiger partial charge is 0.175 e. The summed E-state index contributed by atoms with van der Waals surface area (Å²) in [6, 6.07) is 9.76. The highest BCUT2D eigenvalue weighted by Crippen LogP contribution is 2.26. The van der Waals surface area contributed by atoms with E-state index in [1.807, 2.05) is 6.92 Å². The van der Waals surface area contributed by atoms with Gasteiger partial charge in [0.05, 0.1) is 4.90 Å². The molecule has 2 aromatic carbocycles.